The molecule has 216 valence electrons. The first-order chi connectivity index (χ1) is 20.2. The number of β-amino-alcohol motifs (C(OH)–C–C–N with tert-alkyl or cyclic N) is 1. The maximum atomic E-state index is 13.5. The summed E-state index contributed by atoms with van der Waals surface area (Å²) in [6.07, 6.45) is 0.337. The first kappa shape index (κ1) is 28.1. The minimum Gasteiger partial charge on any atom is -0.389 e. The number of amides is 1. The number of aliphatic hydroxyl groups is 1. The molecule has 6 rings (SSSR count). The number of benzene rings is 1. The summed E-state index contributed by atoms with van der Waals surface area (Å²) in [7, 11) is 3.99. The number of aryl methyl sites for hydroxylation is 1. The first-order valence-electron chi connectivity index (χ1n) is 14.1. The van der Waals surface area contributed by atoms with Crippen LogP contribution in [0.2, 0.25) is 0 Å². The molecule has 1 amide bonds. The minimum absolute atomic E-state index is 0.0781. The zero-order chi connectivity index (χ0) is 29.5. The SMILES string of the molecule is Bc1cc(N2CCN(CC(=O)N3CC(O)C3)CC2)cc2c(N(C)c3nc(-c4ccc(F)cc4)c(C#N)s3)c(CC)nn12. The highest BCUT2D eigenvalue weighted by Crippen LogP contribution is 2.38. The lowest BCUT2D eigenvalue weighted by Crippen LogP contribution is -2.57. The Labute approximate surface area is 248 Å². The van der Waals surface area contributed by atoms with Crippen LogP contribution in [0.3, 0.4) is 0 Å². The summed E-state index contributed by atoms with van der Waals surface area (Å²) in [5, 5.41) is 24.9. The van der Waals surface area contributed by atoms with Crippen LogP contribution in [0.25, 0.3) is 16.8 Å². The van der Waals surface area contributed by atoms with E-state index in [1.165, 1.54) is 23.5 Å². The van der Waals surface area contributed by atoms with Crippen LogP contribution in [0.4, 0.5) is 20.9 Å². The van der Waals surface area contributed by atoms with Gasteiger partial charge in [-0.3, -0.25) is 9.69 Å². The van der Waals surface area contributed by atoms with Crippen molar-refractivity contribution in [3.05, 3.63) is 52.8 Å². The fourth-order valence-corrected chi connectivity index (χ4v) is 6.51. The van der Waals surface area contributed by atoms with Gasteiger partial charge in [-0.05, 0) is 48.4 Å². The van der Waals surface area contributed by atoms with E-state index in [4.69, 9.17) is 10.1 Å². The largest absolute Gasteiger partial charge is 0.389 e. The average molecular weight is 587 g/mol. The molecule has 13 heteroatoms. The van der Waals surface area contributed by atoms with Gasteiger partial charge in [-0.15, -0.1) is 0 Å². The third kappa shape index (κ3) is 5.22. The molecule has 1 N–H and O–H groups in total. The molecule has 2 aliphatic rings. The molecule has 0 aliphatic carbocycles. The number of aromatic nitrogens is 3. The maximum absolute atomic E-state index is 13.5. The maximum Gasteiger partial charge on any atom is 0.236 e. The number of halogens is 1. The van der Waals surface area contributed by atoms with Crippen molar-refractivity contribution in [3.8, 4) is 17.3 Å². The number of carbonyl (C=O) groups excluding carboxylic acids is 1. The van der Waals surface area contributed by atoms with E-state index in [1.54, 1.807) is 17.0 Å². The Morgan fingerprint density at radius 3 is 2.57 bits per heavy atom. The molecular formula is C29H32BFN8O2S. The Hall–Kier alpha value is -3.99. The third-order valence-corrected chi connectivity index (χ3v) is 9.08. The minimum atomic E-state index is -0.384. The quantitative estimate of drug-likeness (QED) is 0.324. The second-order valence-corrected chi connectivity index (χ2v) is 11.8. The van der Waals surface area contributed by atoms with Crippen molar-refractivity contribution in [2.24, 2.45) is 0 Å². The van der Waals surface area contributed by atoms with Crippen molar-refractivity contribution < 1.29 is 14.3 Å². The van der Waals surface area contributed by atoms with Gasteiger partial charge in [0.25, 0.3) is 0 Å². The fraction of sp³-hybridized carbons (Fsp3) is 0.379. The van der Waals surface area contributed by atoms with Gasteiger partial charge in [-0.25, -0.2) is 13.9 Å². The van der Waals surface area contributed by atoms with E-state index >= 15 is 0 Å². The summed E-state index contributed by atoms with van der Waals surface area (Å²) in [4.78, 5) is 26.0. The summed E-state index contributed by atoms with van der Waals surface area (Å²) in [5.41, 5.74) is 6.16. The van der Waals surface area contributed by atoms with Crippen LogP contribution >= 0.6 is 11.3 Å². The highest BCUT2D eigenvalue weighted by molar-refractivity contribution is 7.16. The average Bonchev–Trinajstić information content (AvgIpc) is 3.58. The summed E-state index contributed by atoms with van der Waals surface area (Å²) in [6.45, 7) is 6.48. The van der Waals surface area contributed by atoms with Crippen molar-refractivity contribution in [3.63, 3.8) is 0 Å². The molecule has 0 unspecified atom stereocenters. The van der Waals surface area contributed by atoms with Gasteiger partial charge in [0.1, 0.15) is 22.5 Å². The van der Waals surface area contributed by atoms with E-state index in [9.17, 15) is 19.6 Å². The lowest BCUT2D eigenvalue weighted by molar-refractivity contribution is -0.142. The van der Waals surface area contributed by atoms with Gasteiger partial charge in [-0.1, -0.05) is 18.3 Å². The number of hydrogen-bond acceptors (Lipinski definition) is 9. The zero-order valence-corrected chi connectivity index (χ0v) is 24.7. The van der Waals surface area contributed by atoms with Crippen LogP contribution in [0.5, 0.6) is 0 Å². The second-order valence-electron chi connectivity index (χ2n) is 10.9. The van der Waals surface area contributed by atoms with Gasteiger partial charge < -0.3 is 19.8 Å². The molecule has 0 radical (unpaired) electrons. The van der Waals surface area contributed by atoms with Crippen LogP contribution in [0.1, 0.15) is 17.5 Å². The van der Waals surface area contributed by atoms with Gasteiger partial charge >= 0.3 is 0 Å². The molecule has 2 saturated heterocycles. The number of pyridine rings is 1. The number of nitriles is 1. The van der Waals surface area contributed by atoms with E-state index in [-0.39, 0.29) is 17.8 Å². The summed E-state index contributed by atoms with van der Waals surface area (Å²) in [6, 6.07) is 12.6. The molecule has 0 saturated carbocycles. The number of anilines is 3. The van der Waals surface area contributed by atoms with E-state index < -0.39 is 0 Å². The van der Waals surface area contributed by atoms with Gasteiger partial charge in [0.2, 0.25) is 5.91 Å². The predicted molar refractivity (Wildman–Crippen MR) is 164 cm³/mol. The number of nitrogens with zero attached hydrogens (tertiary/aromatic N) is 8. The summed E-state index contributed by atoms with van der Waals surface area (Å²) in [5.74, 6) is -0.258. The van der Waals surface area contributed by atoms with Gasteiger partial charge in [0.05, 0.1) is 29.5 Å². The van der Waals surface area contributed by atoms with E-state index in [2.05, 4.69) is 34.9 Å². The predicted octanol–water partition coefficient (Wildman–Crippen LogP) is 1.38. The van der Waals surface area contributed by atoms with Crippen LogP contribution in [-0.4, -0.2) is 102 Å². The molecule has 2 aliphatic heterocycles. The molecular weight excluding hydrogens is 554 g/mol. The number of carbonyl (C=O) groups is 1. The lowest BCUT2D eigenvalue weighted by Gasteiger charge is -2.39. The number of thiazole rings is 1. The molecule has 10 nitrogen and oxygen atoms in total. The van der Waals surface area contributed by atoms with Crippen molar-refractivity contribution >= 4 is 52.7 Å². The highest BCUT2D eigenvalue weighted by atomic mass is 32.1. The van der Waals surface area contributed by atoms with E-state index in [1.807, 2.05) is 24.3 Å². The van der Waals surface area contributed by atoms with Crippen molar-refractivity contribution in [1.82, 2.24) is 24.4 Å². The zero-order valence-electron chi connectivity index (χ0n) is 23.9. The molecule has 1 aromatic carbocycles. The normalized spacial score (nSPS) is 16.1. The standard InChI is InChI=1S/C29H32BFN8O2S/c1-3-22-28(35(2)29-33-27(24(14-32)42-29)18-4-6-19(31)7-5-18)23-12-20(13-25(30)39(23)34-22)37-10-8-36(9-11-37)17-26(41)38-15-21(40)16-38/h4-7,12-13,21,40H,3,8-11,15-17,30H2,1-2H3. The van der Waals surface area contributed by atoms with Crippen LogP contribution < -0.4 is 15.4 Å². The lowest BCUT2D eigenvalue weighted by atomic mass is 10.0. The summed E-state index contributed by atoms with van der Waals surface area (Å²) < 4.78 is 15.5. The second kappa shape index (κ2) is 11.4. The topological polar surface area (TPSA) is 104 Å². The van der Waals surface area contributed by atoms with Gasteiger partial charge in [0.15, 0.2) is 13.0 Å². The molecule has 2 fully saturated rings. The third-order valence-electron chi connectivity index (χ3n) is 8.04. The Morgan fingerprint density at radius 2 is 1.93 bits per heavy atom. The van der Waals surface area contributed by atoms with Gasteiger partial charge in [-0.2, -0.15) is 10.4 Å². The van der Waals surface area contributed by atoms with E-state index in [0.717, 1.165) is 60.8 Å². The highest BCUT2D eigenvalue weighted by Gasteiger charge is 2.30. The molecule has 5 heterocycles. The number of piperazine rings is 1. The van der Waals surface area contributed by atoms with E-state index in [0.29, 0.717) is 40.9 Å². The first-order valence-corrected chi connectivity index (χ1v) is 14.9. The van der Waals surface area contributed by atoms with Crippen LogP contribution in [0.15, 0.2) is 36.4 Å². The monoisotopic (exact) mass is 586 g/mol. The van der Waals surface area contributed by atoms with Crippen LogP contribution in [-0.2, 0) is 11.2 Å². The van der Waals surface area contributed by atoms with Crippen molar-refractivity contribution in [2.75, 3.05) is 62.7 Å². The van der Waals surface area contributed by atoms with Crippen LogP contribution in [0, 0.1) is 17.1 Å². The molecule has 4 aromatic rings. The van der Waals surface area contributed by atoms with Gasteiger partial charge in [0, 0.05) is 57.6 Å². The number of hydrogen-bond donors (Lipinski definition) is 1. The Kier molecular flexibility index (Phi) is 7.61. The number of aliphatic hydroxyl groups excluding tert-OH is 1. The number of rotatable bonds is 7. The summed E-state index contributed by atoms with van der Waals surface area (Å²) >= 11 is 1.30. The Morgan fingerprint density at radius 1 is 1.21 bits per heavy atom. The molecule has 0 bridgehead atoms. The fourth-order valence-electron chi connectivity index (χ4n) is 5.65. The number of fused-ring (bicyclic) bond motifs is 1. The molecule has 3 aromatic heterocycles. The van der Waals surface area contributed by atoms with Crippen molar-refractivity contribution in [1.29, 1.82) is 5.26 Å². The molecule has 0 spiro atoms. The Balaban J connectivity index is 1.27. The Bertz CT molecular complexity index is 1670. The number of likely N-dealkylation sites (tertiary alicyclic amines) is 1. The molecule has 42 heavy (non-hydrogen) atoms. The molecule has 0 atom stereocenters. The smallest absolute Gasteiger partial charge is 0.236 e. The van der Waals surface area contributed by atoms with Crippen molar-refractivity contribution in [2.45, 2.75) is 19.4 Å².